The number of esters is 1. The lowest BCUT2D eigenvalue weighted by Gasteiger charge is -2.09. The van der Waals surface area contributed by atoms with Crippen molar-refractivity contribution in [2.75, 3.05) is 20.8 Å². The molecule has 0 radical (unpaired) electrons. The van der Waals surface area contributed by atoms with E-state index in [0.717, 1.165) is 4.90 Å². The fourth-order valence-corrected chi connectivity index (χ4v) is 1.16. The van der Waals surface area contributed by atoms with Gasteiger partial charge in [0.1, 0.15) is 0 Å². The van der Waals surface area contributed by atoms with Crippen LogP contribution < -0.4 is 9.47 Å². The van der Waals surface area contributed by atoms with E-state index < -0.39 is 5.97 Å². The molecule has 0 bridgehead atoms. The second-order valence-electron chi connectivity index (χ2n) is 2.70. The number of benzene rings is 1. The molecule has 5 heteroatoms. The molecule has 0 saturated heterocycles. The first-order valence-electron chi connectivity index (χ1n) is 4.24. The molecule has 0 spiro atoms. The Kier molecular flexibility index (Phi) is 4.30. The van der Waals surface area contributed by atoms with Crippen molar-refractivity contribution in [3.63, 3.8) is 0 Å². The van der Waals surface area contributed by atoms with Gasteiger partial charge in [0.25, 0.3) is 0 Å². The summed E-state index contributed by atoms with van der Waals surface area (Å²) in [5.41, 5.74) is 0. The summed E-state index contributed by atoms with van der Waals surface area (Å²) in [6.07, 6.45) is 0. The van der Waals surface area contributed by atoms with Crippen LogP contribution in [0.15, 0.2) is 23.1 Å². The molecular weight excluding hydrogens is 216 g/mol. The smallest absolute Gasteiger partial charge is 0.343 e. The molecule has 0 saturated carbocycles. The summed E-state index contributed by atoms with van der Waals surface area (Å²) in [6, 6.07) is 5.14. The lowest BCUT2D eigenvalue weighted by Crippen LogP contribution is -2.12. The van der Waals surface area contributed by atoms with Gasteiger partial charge in [0.2, 0.25) is 0 Å². The minimum Gasteiger partial charge on any atom is -0.493 e. The van der Waals surface area contributed by atoms with Crippen LogP contribution in [0.1, 0.15) is 0 Å². The van der Waals surface area contributed by atoms with E-state index in [9.17, 15) is 4.79 Å². The van der Waals surface area contributed by atoms with Crippen molar-refractivity contribution in [2.24, 2.45) is 0 Å². The minimum absolute atomic E-state index is 0.140. The van der Waals surface area contributed by atoms with Gasteiger partial charge in [0, 0.05) is 4.90 Å². The van der Waals surface area contributed by atoms with E-state index >= 15 is 0 Å². The zero-order valence-corrected chi connectivity index (χ0v) is 9.41. The standard InChI is InChI=1S/C10H12O4S/c1-12-9-5-7(15)3-4-8(9)14-6-10(11)13-2/h3-5,15H,6H2,1-2H3. The van der Waals surface area contributed by atoms with Gasteiger partial charge in [-0.3, -0.25) is 0 Å². The molecule has 4 nitrogen and oxygen atoms in total. The highest BCUT2D eigenvalue weighted by Gasteiger charge is 2.07. The maximum Gasteiger partial charge on any atom is 0.343 e. The first-order chi connectivity index (χ1) is 7.17. The largest absolute Gasteiger partial charge is 0.493 e. The molecule has 0 heterocycles. The molecule has 0 aliphatic heterocycles. The second-order valence-corrected chi connectivity index (χ2v) is 3.22. The van der Waals surface area contributed by atoms with E-state index in [1.807, 2.05) is 0 Å². The Hall–Kier alpha value is -1.36. The third kappa shape index (κ3) is 3.36. The van der Waals surface area contributed by atoms with Gasteiger partial charge < -0.3 is 14.2 Å². The maximum absolute atomic E-state index is 10.8. The van der Waals surface area contributed by atoms with Crippen molar-refractivity contribution >= 4 is 18.6 Å². The summed E-state index contributed by atoms with van der Waals surface area (Å²) in [6.45, 7) is -0.140. The number of ether oxygens (including phenoxy) is 3. The molecule has 1 rings (SSSR count). The van der Waals surface area contributed by atoms with E-state index in [1.54, 1.807) is 18.2 Å². The lowest BCUT2D eigenvalue weighted by molar-refractivity contribution is -0.142. The molecule has 0 atom stereocenters. The molecule has 82 valence electrons. The van der Waals surface area contributed by atoms with Gasteiger partial charge in [-0.15, -0.1) is 12.6 Å². The first-order valence-corrected chi connectivity index (χ1v) is 4.68. The summed E-state index contributed by atoms with van der Waals surface area (Å²) in [4.78, 5) is 11.6. The number of carbonyl (C=O) groups is 1. The molecule has 0 amide bonds. The molecular formula is C10H12O4S. The van der Waals surface area contributed by atoms with E-state index in [4.69, 9.17) is 9.47 Å². The van der Waals surface area contributed by atoms with E-state index in [-0.39, 0.29) is 6.61 Å². The highest BCUT2D eigenvalue weighted by Crippen LogP contribution is 2.29. The molecule has 0 aliphatic carbocycles. The van der Waals surface area contributed by atoms with E-state index in [2.05, 4.69) is 17.4 Å². The topological polar surface area (TPSA) is 44.8 Å². The van der Waals surface area contributed by atoms with Crippen LogP contribution in [0.5, 0.6) is 11.5 Å². The van der Waals surface area contributed by atoms with Gasteiger partial charge >= 0.3 is 5.97 Å². The van der Waals surface area contributed by atoms with Crippen molar-refractivity contribution in [3.8, 4) is 11.5 Å². The quantitative estimate of drug-likeness (QED) is 0.627. The molecule has 0 aliphatic rings. The van der Waals surface area contributed by atoms with Crippen LogP contribution in [0.25, 0.3) is 0 Å². The average Bonchev–Trinajstić information content (AvgIpc) is 2.26. The van der Waals surface area contributed by atoms with Gasteiger partial charge in [0.05, 0.1) is 14.2 Å². The predicted octanol–water partition coefficient (Wildman–Crippen LogP) is 1.54. The maximum atomic E-state index is 10.8. The monoisotopic (exact) mass is 228 g/mol. The number of methoxy groups -OCH3 is 2. The number of hydrogen-bond donors (Lipinski definition) is 1. The van der Waals surface area contributed by atoms with Gasteiger partial charge in [-0.1, -0.05) is 0 Å². The number of thiol groups is 1. The normalized spacial score (nSPS) is 9.53. The van der Waals surface area contributed by atoms with Gasteiger partial charge in [-0.2, -0.15) is 0 Å². The third-order valence-corrected chi connectivity index (χ3v) is 2.00. The summed E-state index contributed by atoms with van der Waals surface area (Å²) in [5.74, 6) is 0.583. The molecule has 0 aromatic heterocycles. The highest BCUT2D eigenvalue weighted by atomic mass is 32.1. The Bertz CT molecular complexity index is 351. The van der Waals surface area contributed by atoms with Crippen LogP contribution in [0, 0.1) is 0 Å². The van der Waals surface area contributed by atoms with Crippen LogP contribution in [0.3, 0.4) is 0 Å². The lowest BCUT2D eigenvalue weighted by atomic mass is 10.3. The van der Waals surface area contributed by atoms with Gasteiger partial charge in [-0.05, 0) is 18.2 Å². The Balaban J connectivity index is 2.72. The first kappa shape index (κ1) is 11.7. The molecule has 0 fully saturated rings. The number of rotatable bonds is 4. The Morgan fingerprint density at radius 1 is 1.33 bits per heavy atom. The number of carbonyl (C=O) groups excluding carboxylic acids is 1. The molecule has 1 aromatic carbocycles. The van der Waals surface area contributed by atoms with Gasteiger partial charge in [-0.25, -0.2) is 4.79 Å². The third-order valence-electron chi connectivity index (χ3n) is 1.72. The summed E-state index contributed by atoms with van der Waals surface area (Å²) < 4.78 is 14.7. The van der Waals surface area contributed by atoms with Crippen molar-refractivity contribution in [1.82, 2.24) is 0 Å². The minimum atomic E-state index is -0.438. The van der Waals surface area contributed by atoms with Crippen LogP contribution in [0.2, 0.25) is 0 Å². The summed E-state index contributed by atoms with van der Waals surface area (Å²) >= 11 is 4.16. The van der Waals surface area contributed by atoms with Crippen molar-refractivity contribution < 1.29 is 19.0 Å². The zero-order valence-electron chi connectivity index (χ0n) is 8.52. The fraction of sp³-hybridized carbons (Fsp3) is 0.300. The fourth-order valence-electron chi connectivity index (χ4n) is 0.971. The van der Waals surface area contributed by atoms with E-state index in [0.29, 0.717) is 11.5 Å². The van der Waals surface area contributed by atoms with Crippen LogP contribution in [-0.4, -0.2) is 26.8 Å². The molecule has 0 N–H and O–H groups in total. The predicted molar refractivity (Wildman–Crippen MR) is 57.8 cm³/mol. The molecule has 0 unspecified atom stereocenters. The second kappa shape index (κ2) is 5.50. The van der Waals surface area contributed by atoms with Crippen molar-refractivity contribution in [3.05, 3.63) is 18.2 Å². The van der Waals surface area contributed by atoms with Crippen molar-refractivity contribution in [1.29, 1.82) is 0 Å². The van der Waals surface area contributed by atoms with Crippen molar-refractivity contribution in [2.45, 2.75) is 4.90 Å². The number of hydrogen-bond acceptors (Lipinski definition) is 5. The highest BCUT2D eigenvalue weighted by molar-refractivity contribution is 7.80. The average molecular weight is 228 g/mol. The Labute approximate surface area is 93.5 Å². The Morgan fingerprint density at radius 2 is 2.07 bits per heavy atom. The SMILES string of the molecule is COC(=O)COc1ccc(S)cc1OC. The van der Waals surface area contributed by atoms with Crippen LogP contribution in [-0.2, 0) is 9.53 Å². The van der Waals surface area contributed by atoms with Crippen LogP contribution >= 0.6 is 12.6 Å². The molecule has 1 aromatic rings. The zero-order chi connectivity index (χ0) is 11.3. The molecule has 15 heavy (non-hydrogen) atoms. The Morgan fingerprint density at radius 3 is 2.67 bits per heavy atom. The van der Waals surface area contributed by atoms with Gasteiger partial charge in [0.15, 0.2) is 18.1 Å². The van der Waals surface area contributed by atoms with E-state index in [1.165, 1.54) is 14.2 Å². The summed E-state index contributed by atoms with van der Waals surface area (Å²) in [5, 5.41) is 0. The van der Waals surface area contributed by atoms with Crippen LogP contribution in [0.4, 0.5) is 0 Å². The summed E-state index contributed by atoms with van der Waals surface area (Å²) in [7, 11) is 2.83.